The van der Waals surface area contributed by atoms with Crippen LogP contribution in [-0.2, 0) is 76.7 Å². The van der Waals surface area contributed by atoms with Crippen LogP contribution < -0.4 is 0 Å². The zero-order valence-corrected chi connectivity index (χ0v) is 48.4. The van der Waals surface area contributed by atoms with Crippen molar-refractivity contribution in [3.8, 4) is 0 Å². The molecule has 4 rings (SSSR count). The van der Waals surface area contributed by atoms with E-state index in [9.17, 15) is 38.4 Å². The molecule has 77 heavy (non-hydrogen) atoms. The minimum absolute atomic E-state index is 0.0883. The van der Waals surface area contributed by atoms with Crippen molar-refractivity contribution >= 4 is 47.5 Å². The zero-order valence-electron chi connectivity index (χ0n) is 48.4. The molecule has 0 radical (unpaired) electrons. The number of benzene rings is 2. The van der Waals surface area contributed by atoms with Crippen LogP contribution in [0.25, 0.3) is 0 Å². The first-order valence-electron chi connectivity index (χ1n) is 27.1. The Balaban J connectivity index is 1.86. The van der Waals surface area contributed by atoms with Crippen LogP contribution in [0.4, 0.5) is 0 Å². The summed E-state index contributed by atoms with van der Waals surface area (Å²) < 4.78 is 26.0. The fraction of sp³-hybridized carbons (Fsp3) is 0.610. The van der Waals surface area contributed by atoms with Crippen molar-refractivity contribution in [2.45, 2.75) is 183 Å². The predicted octanol–water partition coefficient (Wildman–Crippen LogP) is 7.03. The smallest absolute Gasteiger partial charge is 0.329 e. The molecule has 0 aliphatic carbocycles. The highest BCUT2D eigenvalue weighted by Crippen LogP contribution is 2.25. The molecule has 8 atom stereocenters. The first-order valence-corrected chi connectivity index (χ1v) is 27.1. The summed E-state index contributed by atoms with van der Waals surface area (Å²) in [4.78, 5) is 121. The van der Waals surface area contributed by atoms with E-state index in [1.807, 2.05) is 90.4 Å². The van der Waals surface area contributed by atoms with Gasteiger partial charge in [0, 0.05) is 52.9 Å². The lowest BCUT2D eigenvalue weighted by atomic mass is 9.99. The lowest BCUT2D eigenvalue weighted by molar-refractivity contribution is -0.176. The Bertz CT molecular complexity index is 2460. The summed E-state index contributed by atoms with van der Waals surface area (Å²) in [5.41, 5.74) is 3.27. The highest BCUT2D eigenvalue weighted by molar-refractivity contribution is 5.94. The van der Waals surface area contributed by atoms with Crippen molar-refractivity contribution in [1.29, 1.82) is 0 Å². The number of esters is 4. The van der Waals surface area contributed by atoms with E-state index in [2.05, 4.69) is 18.9 Å². The molecular formula is C59H86N6O12. The van der Waals surface area contributed by atoms with E-state index in [4.69, 9.17) is 18.9 Å². The molecule has 2 aromatic carbocycles. The molecular weight excluding hydrogens is 985 g/mol. The molecule has 0 saturated carbocycles. The Hall–Kier alpha value is -6.59. The largest absolute Gasteiger partial charge is 0.451 e. The third-order valence-electron chi connectivity index (χ3n) is 13.9. The third-order valence-corrected chi connectivity index (χ3v) is 13.9. The van der Waals surface area contributed by atoms with Crippen LogP contribution in [0.2, 0.25) is 0 Å². The molecule has 1 fully saturated rings. The minimum atomic E-state index is -1.53. The molecule has 0 N–H and O–H groups in total. The maximum absolute atomic E-state index is 15.0. The van der Waals surface area contributed by atoms with Gasteiger partial charge >= 0.3 is 23.9 Å². The maximum Gasteiger partial charge on any atom is 0.329 e. The average molecular weight is 1070 g/mol. The molecule has 1 aliphatic rings. The number of ether oxygens (including phenoxy) is 4. The highest BCUT2D eigenvalue weighted by atomic mass is 16.6. The molecule has 1 aliphatic heterocycles. The van der Waals surface area contributed by atoms with Crippen LogP contribution in [0.15, 0.2) is 66.9 Å². The normalized spacial score (nSPS) is 23.8. The number of amides is 4. The monoisotopic (exact) mass is 1070 g/mol. The minimum Gasteiger partial charge on any atom is -0.451 e. The van der Waals surface area contributed by atoms with Crippen molar-refractivity contribution in [2.24, 2.45) is 23.7 Å². The maximum atomic E-state index is 15.0. The van der Waals surface area contributed by atoms with Gasteiger partial charge in [-0.25, -0.2) is 19.2 Å². The molecule has 424 valence electrons. The topological polar surface area (TPSA) is 204 Å². The quantitative estimate of drug-likeness (QED) is 0.111. The van der Waals surface area contributed by atoms with Gasteiger partial charge in [0.25, 0.3) is 23.6 Å². The van der Waals surface area contributed by atoms with E-state index in [0.717, 1.165) is 26.0 Å². The molecule has 3 aromatic rings. The number of rotatable bonds is 15. The van der Waals surface area contributed by atoms with Gasteiger partial charge in [-0.1, -0.05) is 124 Å². The molecule has 18 nitrogen and oxygen atoms in total. The van der Waals surface area contributed by atoms with Gasteiger partial charge in [-0.05, 0) is 91.9 Å². The van der Waals surface area contributed by atoms with Crippen molar-refractivity contribution < 1.29 is 57.3 Å². The van der Waals surface area contributed by atoms with Gasteiger partial charge in [-0.2, -0.15) is 5.10 Å². The van der Waals surface area contributed by atoms with Crippen molar-refractivity contribution in [3.63, 3.8) is 0 Å². The average Bonchev–Trinajstić information content (AvgIpc) is 3.84. The molecule has 0 spiro atoms. The van der Waals surface area contributed by atoms with Crippen LogP contribution in [0.3, 0.4) is 0 Å². The molecule has 0 bridgehead atoms. The Morgan fingerprint density at radius 3 is 1.10 bits per heavy atom. The molecule has 0 unspecified atom stereocenters. The second-order valence-corrected chi connectivity index (χ2v) is 22.7. The first-order chi connectivity index (χ1) is 36.1. The third kappa shape index (κ3) is 17.7. The lowest BCUT2D eigenvalue weighted by Crippen LogP contribution is -2.55. The van der Waals surface area contributed by atoms with Gasteiger partial charge in [0.2, 0.25) is 0 Å². The van der Waals surface area contributed by atoms with Crippen molar-refractivity contribution in [1.82, 2.24) is 29.4 Å². The van der Waals surface area contributed by atoms with E-state index in [-0.39, 0.29) is 68.1 Å². The number of hydrogen-bond donors (Lipinski definition) is 0. The number of carbonyl (C=O) groups excluding carboxylic acids is 8. The standard InChI is InChI=1S/C59H86N6O12/c1-35(2)28-46-56(70)74-41(12)53(67)62(14)49(31-38(7)8)59(73)77-51(33-43-22-24-44(25-23-43)34-65-45(39(9)10)26-27-60-65)55(69)64(16)47(29-36(3)4)57(71)75-40(11)52(66)61(13)48(30-37(5)6)58(72)76-50(54(68)63(46)15)32-42-20-18-17-19-21-42/h17-27,35-41,46-51H,28-34H2,1-16H3/t40-,41-,46+,47+,48+,49+,50-,51-/m1/s1. The second kappa shape index (κ2) is 28.7. The first kappa shape index (κ1) is 62.9. The summed E-state index contributed by atoms with van der Waals surface area (Å²) in [5, 5.41) is 4.49. The zero-order chi connectivity index (χ0) is 57.6. The van der Waals surface area contributed by atoms with Gasteiger partial charge in [0.05, 0.1) is 6.54 Å². The van der Waals surface area contributed by atoms with Crippen LogP contribution in [0.1, 0.15) is 137 Å². The molecule has 1 aromatic heterocycles. The van der Waals surface area contributed by atoms with Crippen molar-refractivity contribution in [3.05, 3.63) is 89.2 Å². The fourth-order valence-electron chi connectivity index (χ4n) is 9.44. The van der Waals surface area contributed by atoms with Crippen LogP contribution in [0, 0.1) is 23.7 Å². The predicted molar refractivity (Wildman–Crippen MR) is 291 cm³/mol. The Labute approximate surface area is 456 Å². The van der Waals surface area contributed by atoms with Gasteiger partial charge in [-0.15, -0.1) is 0 Å². The number of aromatic nitrogens is 2. The lowest BCUT2D eigenvalue weighted by Gasteiger charge is -2.35. The Morgan fingerprint density at radius 1 is 0.429 bits per heavy atom. The molecule has 1 saturated heterocycles. The van der Waals surface area contributed by atoms with Gasteiger partial charge in [-0.3, -0.25) is 23.9 Å². The van der Waals surface area contributed by atoms with Crippen LogP contribution in [0.5, 0.6) is 0 Å². The van der Waals surface area contributed by atoms with E-state index in [0.29, 0.717) is 17.7 Å². The number of carbonyl (C=O) groups is 8. The second-order valence-electron chi connectivity index (χ2n) is 22.7. The van der Waals surface area contributed by atoms with E-state index in [1.165, 1.54) is 46.9 Å². The molecule has 2 heterocycles. The number of nitrogens with zero attached hydrogens (tertiary/aromatic N) is 6. The summed E-state index contributed by atoms with van der Waals surface area (Å²) in [5.74, 6) is -7.02. The fourth-order valence-corrected chi connectivity index (χ4v) is 9.44. The van der Waals surface area contributed by atoms with Gasteiger partial charge < -0.3 is 38.5 Å². The van der Waals surface area contributed by atoms with Crippen LogP contribution >= 0.6 is 0 Å². The SMILES string of the molecule is CC(C)C[C@H]1C(=O)O[C@H](Cc2ccc(Cn3nccc3C(C)C)cc2)C(=O)N(C)[C@@H](CC(C)C)C(=O)O[C@H](C)C(=O)N(C)[C@@H](CC(C)C)C(=O)O[C@H](Cc2ccccc2)C(=O)N(C)[C@@H](CC(C)C)C(=O)O[C@H](C)C(=O)N1C. The van der Waals surface area contributed by atoms with E-state index in [1.54, 1.807) is 36.5 Å². The van der Waals surface area contributed by atoms with E-state index < -0.39 is 96.1 Å². The molecule has 4 amide bonds. The van der Waals surface area contributed by atoms with Crippen molar-refractivity contribution in [2.75, 3.05) is 28.2 Å². The molecule has 18 heteroatoms. The van der Waals surface area contributed by atoms with E-state index >= 15 is 0 Å². The summed E-state index contributed by atoms with van der Waals surface area (Å²) >= 11 is 0. The van der Waals surface area contributed by atoms with Crippen LogP contribution in [-0.4, -0.2) is 154 Å². The highest BCUT2D eigenvalue weighted by Gasteiger charge is 2.43. The Kier molecular flexibility index (Phi) is 23.5. The van der Waals surface area contributed by atoms with Gasteiger partial charge in [0.1, 0.15) is 24.2 Å². The summed E-state index contributed by atoms with van der Waals surface area (Å²) in [6.07, 6.45) is -4.01. The van der Waals surface area contributed by atoms with Gasteiger partial charge in [0.15, 0.2) is 24.4 Å². The number of hydrogen-bond acceptors (Lipinski definition) is 13. The summed E-state index contributed by atoms with van der Waals surface area (Å²) in [6.45, 7) is 22.2. The number of likely N-dealkylation sites (N-methyl/N-ethyl adjacent to an activating group) is 4. The summed E-state index contributed by atoms with van der Waals surface area (Å²) in [7, 11) is 5.58. The summed E-state index contributed by atoms with van der Waals surface area (Å²) in [6, 6.07) is 13.2. The number of cyclic esters (lactones) is 4. The Morgan fingerprint density at radius 2 is 0.753 bits per heavy atom.